The highest BCUT2D eigenvalue weighted by molar-refractivity contribution is 6.32. The fourth-order valence-corrected chi connectivity index (χ4v) is 1.76. The van der Waals surface area contributed by atoms with Crippen LogP contribution in [0.1, 0.15) is 12.0 Å². The van der Waals surface area contributed by atoms with Gasteiger partial charge in [0, 0.05) is 6.08 Å². The molecule has 0 spiro atoms. The second kappa shape index (κ2) is 8.16. The fraction of sp³-hybridized carbons (Fsp3) is 0.286. The molecular weight excluding hydrogens is 300 g/mol. The Bertz CT molecular complexity index is 553. The van der Waals surface area contributed by atoms with Crippen molar-refractivity contribution in [1.82, 2.24) is 0 Å². The van der Waals surface area contributed by atoms with E-state index in [1.807, 2.05) is 0 Å². The molecule has 1 aromatic carbocycles. The number of ether oxygens (including phenoxy) is 3. The van der Waals surface area contributed by atoms with Crippen molar-refractivity contribution in [3.63, 3.8) is 0 Å². The van der Waals surface area contributed by atoms with Crippen molar-refractivity contribution in [2.45, 2.75) is 6.42 Å². The molecule has 0 aromatic heterocycles. The Hall–Kier alpha value is -2.21. The summed E-state index contributed by atoms with van der Waals surface area (Å²) < 4.78 is 15.1. The summed E-state index contributed by atoms with van der Waals surface area (Å²) in [5.74, 6) is -0.831. The van der Waals surface area contributed by atoms with E-state index in [1.165, 1.54) is 26.4 Å². The van der Waals surface area contributed by atoms with Crippen molar-refractivity contribution in [2.75, 3.05) is 20.8 Å². The van der Waals surface area contributed by atoms with Gasteiger partial charge in [0.25, 0.3) is 0 Å². The monoisotopic (exact) mass is 314 g/mol. The van der Waals surface area contributed by atoms with Crippen LogP contribution in [0.5, 0.6) is 11.5 Å². The Morgan fingerprint density at radius 3 is 2.62 bits per heavy atom. The molecule has 0 unspecified atom stereocenters. The highest BCUT2D eigenvalue weighted by Gasteiger charge is 2.12. The largest absolute Gasteiger partial charge is 0.493 e. The van der Waals surface area contributed by atoms with E-state index in [1.54, 1.807) is 6.07 Å². The van der Waals surface area contributed by atoms with E-state index >= 15 is 0 Å². The van der Waals surface area contributed by atoms with Gasteiger partial charge >= 0.3 is 11.9 Å². The molecule has 0 saturated carbocycles. The summed E-state index contributed by atoms with van der Waals surface area (Å²) >= 11 is 6.08. The van der Waals surface area contributed by atoms with Gasteiger partial charge in [0.15, 0.2) is 11.5 Å². The van der Waals surface area contributed by atoms with Gasteiger partial charge in [-0.05, 0) is 23.8 Å². The molecule has 0 bridgehead atoms. The first-order valence-electron chi connectivity index (χ1n) is 5.96. The number of hydrogen-bond donors (Lipinski definition) is 1. The smallest absolute Gasteiger partial charge is 0.328 e. The van der Waals surface area contributed by atoms with Gasteiger partial charge in [0.05, 0.1) is 32.3 Å². The number of halogens is 1. The van der Waals surface area contributed by atoms with Crippen molar-refractivity contribution in [1.29, 1.82) is 0 Å². The second-order valence-corrected chi connectivity index (χ2v) is 4.29. The molecule has 114 valence electrons. The minimum absolute atomic E-state index is 0.0800. The van der Waals surface area contributed by atoms with Gasteiger partial charge in [-0.3, -0.25) is 4.79 Å². The van der Waals surface area contributed by atoms with E-state index in [0.29, 0.717) is 11.3 Å². The number of benzene rings is 1. The zero-order valence-electron chi connectivity index (χ0n) is 11.6. The van der Waals surface area contributed by atoms with E-state index in [-0.39, 0.29) is 23.8 Å². The quantitative estimate of drug-likeness (QED) is 0.614. The third kappa shape index (κ3) is 5.35. The van der Waals surface area contributed by atoms with Crippen LogP contribution in [0.25, 0.3) is 6.08 Å². The topological polar surface area (TPSA) is 82.1 Å². The van der Waals surface area contributed by atoms with Crippen LogP contribution in [0.3, 0.4) is 0 Å². The second-order valence-electron chi connectivity index (χ2n) is 3.88. The van der Waals surface area contributed by atoms with Gasteiger partial charge in [-0.25, -0.2) is 4.79 Å². The molecule has 1 rings (SSSR count). The Kier molecular flexibility index (Phi) is 6.55. The normalized spacial score (nSPS) is 10.4. The van der Waals surface area contributed by atoms with E-state index in [9.17, 15) is 9.59 Å². The van der Waals surface area contributed by atoms with Crippen molar-refractivity contribution in [3.8, 4) is 11.5 Å². The molecule has 21 heavy (non-hydrogen) atoms. The first-order valence-corrected chi connectivity index (χ1v) is 6.34. The third-order valence-corrected chi connectivity index (χ3v) is 2.73. The Balaban J connectivity index is 2.89. The van der Waals surface area contributed by atoms with Crippen LogP contribution in [-0.2, 0) is 14.3 Å². The van der Waals surface area contributed by atoms with Crippen LogP contribution in [0.4, 0.5) is 0 Å². The molecule has 0 saturated heterocycles. The van der Waals surface area contributed by atoms with Gasteiger partial charge in [-0.15, -0.1) is 0 Å². The molecule has 0 heterocycles. The lowest BCUT2D eigenvalue weighted by atomic mass is 10.2. The Morgan fingerprint density at radius 2 is 2.05 bits per heavy atom. The van der Waals surface area contributed by atoms with E-state index < -0.39 is 11.9 Å². The minimum atomic E-state index is -1.07. The third-order valence-electron chi connectivity index (χ3n) is 2.45. The average Bonchev–Trinajstić information content (AvgIpc) is 2.46. The highest BCUT2D eigenvalue weighted by Crippen LogP contribution is 2.36. The Morgan fingerprint density at radius 1 is 1.33 bits per heavy atom. The molecule has 0 fully saturated rings. The zero-order valence-corrected chi connectivity index (χ0v) is 12.3. The van der Waals surface area contributed by atoms with Crippen LogP contribution in [-0.4, -0.2) is 37.9 Å². The lowest BCUT2D eigenvalue weighted by Gasteiger charge is -2.13. The molecule has 0 aliphatic carbocycles. The van der Waals surface area contributed by atoms with Crippen molar-refractivity contribution in [2.24, 2.45) is 0 Å². The number of rotatable bonds is 7. The number of carboxylic acids is 1. The molecule has 1 N–H and O–H groups in total. The number of hydrogen-bond acceptors (Lipinski definition) is 5. The standard InChI is InChI=1S/C14H15ClO6/c1-19-11-8-9(3-4-12(16)17)7-10(15)14(11)21-6-5-13(18)20-2/h3-4,7-8H,5-6H2,1-2H3,(H,16,17). The lowest BCUT2D eigenvalue weighted by Crippen LogP contribution is -2.08. The molecule has 0 aliphatic heterocycles. The molecule has 1 aromatic rings. The maximum absolute atomic E-state index is 11.0. The van der Waals surface area contributed by atoms with Gasteiger partial charge in [0.2, 0.25) is 0 Å². The van der Waals surface area contributed by atoms with E-state index in [2.05, 4.69) is 4.74 Å². The summed E-state index contributed by atoms with van der Waals surface area (Å²) in [6, 6.07) is 3.12. The molecular formula is C14H15ClO6. The lowest BCUT2D eigenvalue weighted by molar-refractivity contribution is -0.141. The number of aliphatic carboxylic acids is 1. The van der Waals surface area contributed by atoms with Gasteiger partial charge < -0.3 is 19.3 Å². The summed E-state index contributed by atoms with van der Waals surface area (Å²) in [6.07, 6.45) is 2.45. The summed E-state index contributed by atoms with van der Waals surface area (Å²) in [5.41, 5.74) is 0.555. The molecule has 0 aliphatic rings. The van der Waals surface area contributed by atoms with Gasteiger partial charge in [0.1, 0.15) is 0 Å². The first kappa shape index (κ1) is 16.8. The van der Waals surface area contributed by atoms with Crippen molar-refractivity contribution >= 4 is 29.6 Å². The number of carboxylic acid groups (broad SMARTS) is 1. The highest BCUT2D eigenvalue weighted by atomic mass is 35.5. The number of carbonyl (C=O) groups is 2. The maximum atomic E-state index is 11.0. The fourth-order valence-electron chi connectivity index (χ4n) is 1.48. The molecule has 0 atom stereocenters. The minimum Gasteiger partial charge on any atom is -0.493 e. The summed E-state index contributed by atoms with van der Waals surface area (Å²) in [5, 5.41) is 8.85. The maximum Gasteiger partial charge on any atom is 0.328 e. The van der Waals surface area contributed by atoms with Crippen LogP contribution in [0.15, 0.2) is 18.2 Å². The molecule has 6 nitrogen and oxygen atoms in total. The first-order chi connectivity index (χ1) is 9.97. The summed E-state index contributed by atoms with van der Waals surface area (Å²) in [6.45, 7) is 0.0903. The van der Waals surface area contributed by atoms with Crippen molar-refractivity contribution in [3.05, 3.63) is 28.8 Å². The number of methoxy groups -OCH3 is 2. The van der Waals surface area contributed by atoms with E-state index in [4.69, 9.17) is 26.2 Å². The SMILES string of the molecule is COC(=O)CCOc1c(Cl)cc(C=CC(=O)O)cc1OC. The van der Waals surface area contributed by atoms with Crippen LogP contribution in [0, 0.1) is 0 Å². The van der Waals surface area contributed by atoms with Gasteiger partial charge in [-0.1, -0.05) is 11.6 Å². The predicted octanol–water partition coefficient (Wildman–Crippen LogP) is 2.39. The molecule has 0 amide bonds. The van der Waals surface area contributed by atoms with Gasteiger partial charge in [-0.2, -0.15) is 0 Å². The molecule has 0 radical (unpaired) electrons. The number of carbonyl (C=O) groups excluding carboxylic acids is 1. The summed E-state index contributed by atoms with van der Waals surface area (Å²) in [7, 11) is 2.73. The predicted molar refractivity (Wildman–Crippen MR) is 76.8 cm³/mol. The van der Waals surface area contributed by atoms with Crippen LogP contribution < -0.4 is 9.47 Å². The molecule has 7 heteroatoms. The van der Waals surface area contributed by atoms with Crippen LogP contribution >= 0.6 is 11.6 Å². The van der Waals surface area contributed by atoms with Crippen molar-refractivity contribution < 1.29 is 28.9 Å². The zero-order chi connectivity index (χ0) is 15.8. The summed E-state index contributed by atoms with van der Waals surface area (Å²) in [4.78, 5) is 21.5. The Labute approximate surface area is 126 Å². The van der Waals surface area contributed by atoms with Crippen LogP contribution in [0.2, 0.25) is 5.02 Å². The van der Waals surface area contributed by atoms with E-state index in [0.717, 1.165) is 6.08 Å². The number of esters is 1. The average molecular weight is 315 g/mol.